The molecule has 0 radical (unpaired) electrons. The number of carbonyl (C=O) groups is 1. The van der Waals surface area contributed by atoms with Crippen molar-refractivity contribution in [3.05, 3.63) is 86.8 Å². The molecule has 0 aliphatic rings. The molecule has 0 aliphatic carbocycles. The summed E-state index contributed by atoms with van der Waals surface area (Å²) in [5.41, 5.74) is 2.22. The Morgan fingerprint density at radius 1 is 0.974 bits per heavy atom. The highest BCUT2D eigenvalue weighted by atomic mass is 79.9. The Balaban J connectivity index is 1.54. The third kappa shape index (κ3) is 6.40. The van der Waals surface area contributed by atoms with Crippen LogP contribution in [-0.4, -0.2) is 33.5 Å². The Hall–Kier alpha value is -3.08. The second kappa shape index (κ2) is 11.6. The molecule has 4 aromatic carbocycles. The molecule has 0 unspecified atom stereocenters. The number of ether oxygens (including phenoxy) is 1. The van der Waals surface area contributed by atoms with Crippen molar-refractivity contribution in [1.82, 2.24) is 4.72 Å². The molecule has 0 bridgehead atoms. The molecule has 0 heterocycles. The number of sulfonamides is 1. The van der Waals surface area contributed by atoms with Gasteiger partial charge >= 0.3 is 0 Å². The van der Waals surface area contributed by atoms with E-state index in [2.05, 4.69) is 36.6 Å². The van der Waals surface area contributed by atoms with Gasteiger partial charge in [0, 0.05) is 36.1 Å². The fraction of sp³-hybridized carbons (Fsp3) is 0.207. The van der Waals surface area contributed by atoms with Gasteiger partial charge in [0.05, 0.1) is 20.3 Å². The highest BCUT2D eigenvalue weighted by Crippen LogP contribution is 2.39. The second-order valence-electron chi connectivity index (χ2n) is 9.59. The first-order valence-corrected chi connectivity index (χ1v) is 15.2. The highest BCUT2D eigenvalue weighted by Gasteiger charge is 2.22. The maximum absolute atomic E-state index is 13.2. The summed E-state index contributed by atoms with van der Waals surface area (Å²) in [7, 11) is -0.346. The number of phenolic OH excluding ortho intramolecular Hbond substituents is 1. The van der Waals surface area contributed by atoms with E-state index in [-0.39, 0.29) is 23.0 Å². The van der Waals surface area contributed by atoms with E-state index in [1.54, 1.807) is 48.5 Å². The van der Waals surface area contributed by atoms with Gasteiger partial charge in [-0.1, -0.05) is 38.1 Å². The number of aromatic hydroxyl groups is 1. The molecule has 0 fully saturated rings. The Labute approximate surface area is 245 Å². The standard InChI is InChI=1S/C29H28Br2N2O5S/c1-17(2)22-16-19(11-12-26(22)34)38-29-23(30)13-18(14-24(29)31)15-28(35)32-39(36,37)27-10-6-7-20-21(27)8-5-9-25(20)33(3)4/h5-14,16-17,34H,15H2,1-4H3,(H,32,35). The van der Waals surface area contributed by atoms with Crippen molar-refractivity contribution in [1.29, 1.82) is 0 Å². The summed E-state index contributed by atoms with van der Waals surface area (Å²) in [6, 6.07) is 18.9. The lowest BCUT2D eigenvalue weighted by Crippen LogP contribution is -2.32. The van der Waals surface area contributed by atoms with Crippen LogP contribution in [0.2, 0.25) is 0 Å². The molecule has 204 valence electrons. The van der Waals surface area contributed by atoms with Crippen LogP contribution < -0.4 is 14.4 Å². The number of phenols is 1. The highest BCUT2D eigenvalue weighted by molar-refractivity contribution is 9.11. The Bertz CT molecular complexity index is 1650. The lowest BCUT2D eigenvalue weighted by molar-refractivity contribution is -0.118. The van der Waals surface area contributed by atoms with Crippen LogP contribution in [-0.2, 0) is 21.2 Å². The lowest BCUT2D eigenvalue weighted by Gasteiger charge is -2.17. The fourth-order valence-electron chi connectivity index (χ4n) is 4.30. The average Bonchev–Trinajstić information content (AvgIpc) is 2.85. The van der Waals surface area contributed by atoms with Gasteiger partial charge in [0.2, 0.25) is 5.91 Å². The minimum atomic E-state index is -4.12. The maximum atomic E-state index is 13.2. The molecule has 0 spiro atoms. The molecular formula is C29H28Br2N2O5S. The SMILES string of the molecule is CC(C)c1cc(Oc2c(Br)cc(CC(=O)NS(=O)(=O)c3cccc4c(N(C)C)cccc34)cc2Br)ccc1O. The zero-order valence-electron chi connectivity index (χ0n) is 21.8. The topological polar surface area (TPSA) is 95.9 Å². The van der Waals surface area contributed by atoms with E-state index < -0.39 is 15.9 Å². The van der Waals surface area contributed by atoms with Gasteiger partial charge in [0.15, 0.2) is 5.75 Å². The molecule has 2 N–H and O–H groups in total. The van der Waals surface area contributed by atoms with Gasteiger partial charge in [-0.3, -0.25) is 4.79 Å². The number of nitrogens with one attached hydrogen (secondary N) is 1. The lowest BCUT2D eigenvalue weighted by atomic mass is 10.0. The van der Waals surface area contributed by atoms with Gasteiger partial charge in [-0.2, -0.15) is 0 Å². The zero-order valence-corrected chi connectivity index (χ0v) is 25.8. The van der Waals surface area contributed by atoms with Crippen LogP contribution in [0.25, 0.3) is 10.8 Å². The van der Waals surface area contributed by atoms with Crippen LogP contribution in [0.4, 0.5) is 5.69 Å². The number of carbonyl (C=O) groups excluding carboxylic acids is 1. The summed E-state index contributed by atoms with van der Waals surface area (Å²) in [5, 5.41) is 11.4. The number of hydrogen-bond acceptors (Lipinski definition) is 6. The smallest absolute Gasteiger partial charge is 0.264 e. The van der Waals surface area contributed by atoms with Crippen LogP contribution in [0.5, 0.6) is 17.2 Å². The molecule has 0 atom stereocenters. The van der Waals surface area contributed by atoms with Crippen LogP contribution in [0.15, 0.2) is 80.6 Å². The fourth-order valence-corrected chi connectivity index (χ4v) is 6.95. The first kappa shape index (κ1) is 28.9. The van der Waals surface area contributed by atoms with Crippen LogP contribution in [0.1, 0.15) is 30.9 Å². The van der Waals surface area contributed by atoms with E-state index in [1.165, 1.54) is 6.07 Å². The predicted molar refractivity (Wildman–Crippen MR) is 161 cm³/mol. The largest absolute Gasteiger partial charge is 0.508 e. The number of hydrogen-bond donors (Lipinski definition) is 2. The first-order valence-electron chi connectivity index (χ1n) is 12.1. The number of rotatable bonds is 8. The summed E-state index contributed by atoms with van der Waals surface area (Å²) in [6.45, 7) is 3.96. The number of halogens is 2. The molecule has 0 aromatic heterocycles. The zero-order chi connectivity index (χ0) is 28.5. The molecule has 0 saturated carbocycles. The summed E-state index contributed by atoms with van der Waals surface area (Å²) in [6.07, 6.45) is -0.166. The predicted octanol–water partition coefficient (Wildman–Crippen LogP) is 7.10. The van der Waals surface area contributed by atoms with Gasteiger partial charge < -0.3 is 14.7 Å². The van der Waals surface area contributed by atoms with E-state index in [1.807, 2.05) is 45.0 Å². The van der Waals surface area contributed by atoms with Gasteiger partial charge in [-0.05, 0) is 85.8 Å². The van der Waals surface area contributed by atoms with Crippen LogP contribution in [0, 0.1) is 0 Å². The Morgan fingerprint density at radius 3 is 2.26 bits per heavy atom. The summed E-state index contributed by atoms with van der Waals surface area (Å²) in [5.74, 6) is 0.680. The molecule has 0 aliphatic heterocycles. The van der Waals surface area contributed by atoms with E-state index in [9.17, 15) is 18.3 Å². The number of fused-ring (bicyclic) bond motifs is 1. The Morgan fingerprint density at radius 2 is 1.62 bits per heavy atom. The normalized spacial score (nSPS) is 11.6. The van der Waals surface area contributed by atoms with E-state index in [0.717, 1.165) is 16.6 Å². The van der Waals surface area contributed by atoms with Gasteiger partial charge in [0.25, 0.3) is 10.0 Å². The molecule has 1 amide bonds. The van der Waals surface area contributed by atoms with Crippen molar-refractivity contribution in [2.75, 3.05) is 19.0 Å². The minimum absolute atomic E-state index is 0.0397. The Kier molecular flexibility index (Phi) is 8.58. The van der Waals surface area contributed by atoms with E-state index in [0.29, 0.717) is 31.4 Å². The molecule has 0 saturated heterocycles. The minimum Gasteiger partial charge on any atom is -0.508 e. The molecule has 7 nitrogen and oxygen atoms in total. The van der Waals surface area contributed by atoms with Crippen molar-refractivity contribution in [3.8, 4) is 17.2 Å². The van der Waals surface area contributed by atoms with Crippen molar-refractivity contribution >= 4 is 64.3 Å². The molecule has 10 heteroatoms. The molecular weight excluding hydrogens is 648 g/mol. The third-order valence-electron chi connectivity index (χ3n) is 6.14. The van der Waals surface area contributed by atoms with Crippen LogP contribution in [0.3, 0.4) is 0 Å². The second-order valence-corrected chi connectivity index (χ2v) is 13.0. The number of anilines is 1. The van der Waals surface area contributed by atoms with Crippen molar-refractivity contribution in [2.45, 2.75) is 31.1 Å². The van der Waals surface area contributed by atoms with Gasteiger partial charge in [-0.15, -0.1) is 0 Å². The van der Waals surface area contributed by atoms with Crippen molar-refractivity contribution in [2.24, 2.45) is 0 Å². The van der Waals surface area contributed by atoms with Crippen molar-refractivity contribution < 1.29 is 23.1 Å². The average molecular weight is 676 g/mol. The quantitative estimate of drug-likeness (QED) is 0.207. The van der Waals surface area contributed by atoms with E-state index >= 15 is 0 Å². The first-order chi connectivity index (χ1) is 18.4. The molecule has 4 rings (SSSR count). The van der Waals surface area contributed by atoms with Crippen LogP contribution >= 0.6 is 31.9 Å². The number of benzene rings is 4. The van der Waals surface area contributed by atoms with Gasteiger partial charge in [-0.25, -0.2) is 13.1 Å². The monoisotopic (exact) mass is 674 g/mol. The number of nitrogens with zero attached hydrogens (tertiary/aromatic N) is 1. The maximum Gasteiger partial charge on any atom is 0.264 e. The molecule has 39 heavy (non-hydrogen) atoms. The summed E-state index contributed by atoms with van der Waals surface area (Å²) >= 11 is 6.99. The van der Waals surface area contributed by atoms with Gasteiger partial charge in [0.1, 0.15) is 11.5 Å². The molecule has 4 aromatic rings. The summed E-state index contributed by atoms with van der Waals surface area (Å²) in [4.78, 5) is 14.8. The third-order valence-corrected chi connectivity index (χ3v) is 8.75. The van der Waals surface area contributed by atoms with E-state index in [4.69, 9.17) is 4.74 Å². The number of amides is 1. The summed E-state index contributed by atoms with van der Waals surface area (Å²) < 4.78 is 35.8. The van der Waals surface area contributed by atoms with Crippen molar-refractivity contribution in [3.63, 3.8) is 0 Å².